The van der Waals surface area contributed by atoms with Crippen molar-refractivity contribution < 1.29 is 14.3 Å². The molecule has 28 heavy (non-hydrogen) atoms. The average Bonchev–Trinajstić information content (AvgIpc) is 2.71. The van der Waals surface area contributed by atoms with E-state index in [9.17, 15) is 4.79 Å². The predicted octanol–water partition coefficient (Wildman–Crippen LogP) is 5.35. The molecule has 1 amide bonds. The van der Waals surface area contributed by atoms with Gasteiger partial charge in [-0.3, -0.25) is 4.90 Å². The van der Waals surface area contributed by atoms with Gasteiger partial charge in [-0.05, 0) is 55.9 Å². The van der Waals surface area contributed by atoms with Gasteiger partial charge in [0.2, 0.25) is 0 Å². The van der Waals surface area contributed by atoms with Gasteiger partial charge in [-0.1, -0.05) is 48.0 Å². The lowest BCUT2D eigenvalue weighted by Crippen LogP contribution is -2.51. The number of ether oxygens (including phenoxy) is 2. The summed E-state index contributed by atoms with van der Waals surface area (Å²) in [5.41, 5.74) is 4.66. The van der Waals surface area contributed by atoms with Crippen LogP contribution in [0.1, 0.15) is 42.4 Å². The van der Waals surface area contributed by atoms with Crippen molar-refractivity contribution in [1.29, 1.82) is 0 Å². The maximum absolute atomic E-state index is 12.9. The molecule has 0 aliphatic carbocycles. The first kappa shape index (κ1) is 18.6. The average molecular weight is 377 g/mol. The van der Waals surface area contributed by atoms with Crippen LogP contribution >= 0.6 is 0 Å². The van der Waals surface area contributed by atoms with Crippen LogP contribution < -0.4 is 4.74 Å². The molecule has 2 bridgehead atoms. The van der Waals surface area contributed by atoms with Crippen LogP contribution in [0.3, 0.4) is 0 Å². The highest BCUT2D eigenvalue weighted by atomic mass is 16.6. The number of amides is 1. The van der Waals surface area contributed by atoms with Crippen LogP contribution in [0.4, 0.5) is 4.79 Å². The van der Waals surface area contributed by atoms with Crippen LogP contribution in [0.15, 0.2) is 54.6 Å². The molecule has 2 aliphatic heterocycles. The Morgan fingerprint density at radius 1 is 1.14 bits per heavy atom. The lowest BCUT2D eigenvalue weighted by molar-refractivity contribution is 0.0510. The van der Waals surface area contributed by atoms with E-state index in [0.29, 0.717) is 6.61 Å². The lowest BCUT2D eigenvalue weighted by Gasteiger charge is -2.44. The lowest BCUT2D eigenvalue weighted by atomic mass is 9.82. The molecule has 2 aromatic carbocycles. The molecule has 1 saturated heterocycles. The fraction of sp³-hybridized carbons (Fsp3) is 0.375. The number of piperidine rings is 1. The highest BCUT2D eigenvalue weighted by Crippen LogP contribution is 2.40. The molecule has 146 valence electrons. The molecule has 2 unspecified atom stereocenters. The minimum Gasteiger partial charge on any atom is -0.496 e. The number of hydrogen-bond donors (Lipinski definition) is 0. The third-order valence-corrected chi connectivity index (χ3v) is 5.75. The van der Waals surface area contributed by atoms with Crippen LogP contribution in [-0.2, 0) is 11.3 Å². The van der Waals surface area contributed by atoms with Gasteiger partial charge in [-0.2, -0.15) is 0 Å². The fourth-order valence-electron chi connectivity index (χ4n) is 4.38. The van der Waals surface area contributed by atoms with Crippen molar-refractivity contribution in [3.8, 4) is 5.75 Å². The first-order valence-corrected chi connectivity index (χ1v) is 10.0. The number of hydrogen-bond acceptors (Lipinski definition) is 3. The number of nitrogens with zero attached hydrogens (tertiary/aromatic N) is 1. The van der Waals surface area contributed by atoms with Crippen LogP contribution in [-0.4, -0.2) is 30.2 Å². The van der Waals surface area contributed by atoms with E-state index in [1.165, 1.54) is 11.1 Å². The van der Waals surface area contributed by atoms with Gasteiger partial charge in [0.1, 0.15) is 12.4 Å². The van der Waals surface area contributed by atoms with Crippen molar-refractivity contribution in [3.63, 3.8) is 0 Å². The molecule has 2 atom stereocenters. The Hall–Kier alpha value is -2.75. The second-order valence-corrected chi connectivity index (χ2v) is 7.70. The third kappa shape index (κ3) is 3.77. The maximum atomic E-state index is 12.9. The molecule has 0 aromatic heterocycles. The van der Waals surface area contributed by atoms with E-state index in [4.69, 9.17) is 9.47 Å². The number of rotatable bonds is 4. The molecule has 4 nitrogen and oxygen atoms in total. The highest BCUT2D eigenvalue weighted by molar-refractivity contribution is 5.77. The Kier molecular flexibility index (Phi) is 5.38. The van der Waals surface area contributed by atoms with Crippen molar-refractivity contribution in [2.75, 3.05) is 7.11 Å². The van der Waals surface area contributed by atoms with Crippen LogP contribution in [0.25, 0.3) is 5.57 Å². The molecular weight excluding hydrogens is 350 g/mol. The van der Waals surface area contributed by atoms with Gasteiger partial charge in [-0.25, -0.2) is 4.79 Å². The van der Waals surface area contributed by atoms with Gasteiger partial charge >= 0.3 is 6.09 Å². The summed E-state index contributed by atoms with van der Waals surface area (Å²) in [4.78, 5) is 14.8. The fourth-order valence-corrected chi connectivity index (χ4v) is 4.38. The summed E-state index contributed by atoms with van der Waals surface area (Å²) < 4.78 is 11.2. The summed E-state index contributed by atoms with van der Waals surface area (Å²) >= 11 is 0. The van der Waals surface area contributed by atoms with Gasteiger partial charge in [-0.15, -0.1) is 0 Å². The second kappa shape index (κ2) is 8.09. The maximum Gasteiger partial charge on any atom is 0.410 e. The van der Waals surface area contributed by atoms with E-state index >= 15 is 0 Å². The molecule has 2 heterocycles. The normalized spacial score (nSPS) is 21.1. The molecule has 0 N–H and O–H groups in total. The Balaban J connectivity index is 1.54. The zero-order chi connectivity index (χ0) is 19.5. The van der Waals surface area contributed by atoms with E-state index < -0.39 is 0 Å². The molecule has 0 saturated carbocycles. The number of methoxy groups -OCH3 is 1. The number of aryl methyl sites for hydroxylation is 1. The minimum absolute atomic E-state index is 0.0935. The highest BCUT2D eigenvalue weighted by Gasteiger charge is 2.38. The summed E-state index contributed by atoms with van der Waals surface area (Å²) in [6.07, 6.45) is 6.03. The zero-order valence-electron chi connectivity index (χ0n) is 16.6. The predicted molar refractivity (Wildman–Crippen MR) is 110 cm³/mol. The smallest absolute Gasteiger partial charge is 0.410 e. The quantitative estimate of drug-likeness (QED) is 0.721. The number of carbonyl (C=O) groups is 1. The number of benzene rings is 2. The summed E-state index contributed by atoms with van der Waals surface area (Å²) in [6, 6.07) is 16.4. The summed E-state index contributed by atoms with van der Waals surface area (Å²) in [7, 11) is 1.71. The van der Waals surface area contributed by atoms with Gasteiger partial charge in [0.05, 0.1) is 13.2 Å². The van der Waals surface area contributed by atoms with Crippen LogP contribution in [0.5, 0.6) is 5.75 Å². The van der Waals surface area contributed by atoms with E-state index in [0.717, 1.165) is 42.6 Å². The molecule has 4 heteroatoms. The topological polar surface area (TPSA) is 38.8 Å². The third-order valence-electron chi connectivity index (χ3n) is 5.75. The van der Waals surface area contributed by atoms with Gasteiger partial charge in [0, 0.05) is 11.6 Å². The molecule has 1 fully saturated rings. The first-order valence-electron chi connectivity index (χ1n) is 10.0. The largest absolute Gasteiger partial charge is 0.496 e. The molecule has 0 radical (unpaired) electrons. The van der Waals surface area contributed by atoms with Crippen LogP contribution in [0, 0.1) is 6.92 Å². The summed E-state index contributed by atoms with van der Waals surface area (Å²) in [5, 5.41) is 0. The van der Waals surface area contributed by atoms with Crippen molar-refractivity contribution in [1.82, 2.24) is 4.90 Å². The molecule has 2 aromatic rings. The molecule has 2 aliphatic rings. The number of carbonyl (C=O) groups excluding carboxylic acids is 1. The van der Waals surface area contributed by atoms with Crippen LogP contribution in [0.2, 0.25) is 0 Å². The monoisotopic (exact) mass is 377 g/mol. The number of fused-ring (bicyclic) bond motifs is 2. The standard InChI is InChI=1S/C24H27NO3/c1-17-11-12-23(27-2)22(13-17)19-14-20-9-6-10-21(15-19)25(20)24(26)28-16-18-7-4-3-5-8-18/h3-5,7-8,11-14,20-21H,6,9-10,15-16H2,1-2H3. The summed E-state index contributed by atoms with van der Waals surface area (Å²) in [6.45, 7) is 2.41. The Bertz CT molecular complexity index is 875. The Morgan fingerprint density at radius 2 is 1.96 bits per heavy atom. The molecule has 4 rings (SSSR count). The molecule has 0 spiro atoms. The van der Waals surface area contributed by atoms with E-state index in [2.05, 4.69) is 25.1 Å². The van der Waals surface area contributed by atoms with Crippen molar-refractivity contribution in [2.24, 2.45) is 0 Å². The first-order chi connectivity index (χ1) is 13.7. The van der Waals surface area contributed by atoms with E-state index in [1.54, 1.807) is 7.11 Å². The van der Waals surface area contributed by atoms with Gasteiger partial charge in [0.15, 0.2) is 0 Å². The van der Waals surface area contributed by atoms with E-state index in [-0.39, 0.29) is 18.2 Å². The zero-order valence-corrected chi connectivity index (χ0v) is 16.6. The summed E-state index contributed by atoms with van der Waals surface area (Å²) in [5.74, 6) is 0.898. The van der Waals surface area contributed by atoms with Crippen molar-refractivity contribution in [2.45, 2.75) is 51.3 Å². The van der Waals surface area contributed by atoms with Gasteiger partial charge < -0.3 is 9.47 Å². The minimum atomic E-state index is -0.204. The Morgan fingerprint density at radius 3 is 2.71 bits per heavy atom. The SMILES string of the molecule is COc1ccc(C)cc1C1=CC2CCCC(C1)N2C(=O)OCc1ccccc1. The van der Waals surface area contributed by atoms with Gasteiger partial charge in [0.25, 0.3) is 0 Å². The van der Waals surface area contributed by atoms with Crippen molar-refractivity contribution in [3.05, 3.63) is 71.3 Å². The second-order valence-electron chi connectivity index (χ2n) is 7.70. The van der Waals surface area contributed by atoms with E-state index in [1.807, 2.05) is 41.3 Å². The van der Waals surface area contributed by atoms with Crippen molar-refractivity contribution >= 4 is 11.7 Å². The Labute approximate surface area is 166 Å². The molecular formula is C24H27NO3.